The molecule has 11 heavy (non-hydrogen) atoms. The minimum Gasteiger partial charge on any atom is -0.545 e. The van der Waals surface area contributed by atoms with Gasteiger partial charge in [-0.3, -0.25) is 0 Å². The zero-order valence-electron chi connectivity index (χ0n) is 6.00. The van der Waals surface area contributed by atoms with E-state index in [-0.39, 0.29) is 24.4 Å². The fraction of sp³-hybridized carbons (Fsp3) is 0. The minimum atomic E-state index is -1.29. The molecule has 1 aromatic carbocycles. The number of benzene rings is 1. The van der Waals surface area contributed by atoms with Crippen molar-refractivity contribution in [3.63, 3.8) is 0 Å². The van der Waals surface area contributed by atoms with E-state index in [0.717, 1.165) is 24.3 Å². The van der Waals surface area contributed by atoms with Crippen molar-refractivity contribution >= 4 is 5.97 Å². The molecule has 1 aromatic rings. The van der Waals surface area contributed by atoms with Crippen LogP contribution in [0.2, 0.25) is 0 Å². The molecule has 0 bridgehead atoms. The van der Waals surface area contributed by atoms with Gasteiger partial charge in [-0.15, -0.1) is 0 Å². The summed E-state index contributed by atoms with van der Waals surface area (Å²) >= 11 is 0. The second-order valence-corrected chi connectivity index (χ2v) is 1.79. The van der Waals surface area contributed by atoms with E-state index in [1.54, 1.807) is 0 Å². The number of carbonyl (C=O) groups excluding carboxylic acids is 1. The molecule has 0 aliphatic heterocycles. The zero-order valence-corrected chi connectivity index (χ0v) is 6.00. The molecule has 0 aromatic heterocycles. The molecule has 0 spiro atoms. The monoisotopic (exact) mass is 146 g/mol. The van der Waals surface area contributed by atoms with Crippen molar-refractivity contribution in [2.75, 3.05) is 0 Å². The molecule has 0 aliphatic rings. The Balaban J connectivity index is 0.000001000. The molecule has 4 heteroatoms. The predicted molar refractivity (Wildman–Crippen MR) is 30.7 cm³/mol. The van der Waals surface area contributed by atoms with Crippen LogP contribution in [-0.2, 0) is 0 Å². The van der Waals surface area contributed by atoms with Crippen molar-refractivity contribution in [2.45, 2.75) is 0 Å². The Kier molecular flexibility index (Phi) is 3.87. The molecule has 0 saturated carbocycles. The number of halogens is 1. The summed E-state index contributed by atoms with van der Waals surface area (Å²) in [4.78, 5) is 10.1. The number of rotatable bonds is 1. The maximum Gasteiger partial charge on any atom is 1.00 e. The summed E-state index contributed by atoms with van der Waals surface area (Å²) in [5.74, 6) is -1.75. The third-order valence-electron chi connectivity index (χ3n) is 1.08. The van der Waals surface area contributed by atoms with Crippen LogP contribution in [0.5, 0.6) is 0 Å². The molecule has 0 fully saturated rings. The molecule has 0 atom stereocenters. The van der Waals surface area contributed by atoms with Crippen LogP contribution < -0.4 is 24.0 Å². The summed E-state index contributed by atoms with van der Waals surface area (Å²) in [5.41, 5.74) is -0.0126. The third kappa shape index (κ3) is 2.75. The van der Waals surface area contributed by atoms with Gasteiger partial charge in [-0.05, 0) is 17.7 Å². The maximum atomic E-state index is 12.1. The molecular formula is C7H4FLiO2. The number of hydrogen-bond acceptors (Lipinski definition) is 2. The van der Waals surface area contributed by atoms with Crippen LogP contribution in [0.15, 0.2) is 24.3 Å². The molecule has 1 rings (SSSR count). The largest absolute Gasteiger partial charge is 1.00 e. The second-order valence-electron chi connectivity index (χ2n) is 1.79. The fourth-order valence-electron chi connectivity index (χ4n) is 0.586. The van der Waals surface area contributed by atoms with E-state index in [2.05, 4.69) is 0 Å². The van der Waals surface area contributed by atoms with Crippen molar-refractivity contribution in [1.82, 2.24) is 0 Å². The van der Waals surface area contributed by atoms with Crippen LogP contribution in [0.4, 0.5) is 4.39 Å². The topological polar surface area (TPSA) is 40.1 Å². The Morgan fingerprint density at radius 1 is 1.27 bits per heavy atom. The molecule has 0 aliphatic carbocycles. The standard InChI is InChI=1S/C7H5FO2.Li/c8-6-3-1-5(2-4-6)7(9)10;/h1-4H,(H,9,10);/q;+1/p-1. The van der Waals surface area contributed by atoms with E-state index in [0.29, 0.717) is 0 Å². The summed E-state index contributed by atoms with van der Waals surface area (Å²) in [6, 6.07) is 4.46. The zero-order chi connectivity index (χ0) is 7.56. The number of carbonyl (C=O) groups is 1. The minimum absolute atomic E-state index is 0. The first-order valence-corrected chi connectivity index (χ1v) is 2.67. The maximum absolute atomic E-state index is 12.1. The summed E-state index contributed by atoms with van der Waals surface area (Å²) in [6.45, 7) is 0. The first kappa shape index (κ1) is 10.2. The molecular weight excluding hydrogens is 142 g/mol. The van der Waals surface area contributed by atoms with E-state index in [9.17, 15) is 14.3 Å². The van der Waals surface area contributed by atoms with Crippen LogP contribution >= 0.6 is 0 Å². The van der Waals surface area contributed by atoms with E-state index < -0.39 is 11.8 Å². The first-order valence-electron chi connectivity index (χ1n) is 2.67. The van der Waals surface area contributed by atoms with Crippen molar-refractivity contribution in [3.8, 4) is 0 Å². The Bertz CT molecular complexity index is 245. The van der Waals surface area contributed by atoms with Gasteiger partial charge in [0.25, 0.3) is 0 Å². The SMILES string of the molecule is O=C([O-])c1ccc(F)cc1.[Li+]. The smallest absolute Gasteiger partial charge is 0.545 e. The number of hydrogen-bond donors (Lipinski definition) is 0. The van der Waals surface area contributed by atoms with Crippen LogP contribution in [-0.4, -0.2) is 5.97 Å². The molecule has 0 radical (unpaired) electrons. The molecule has 0 saturated heterocycles. The Morgan fingerprint density at radius 3 is 2.09 bits per heavy atom. The van der Waals surface area contributed by atoms with Gasteiger partial charge in [0.1, 0.15) is 5.82 Å². The Labute approximate surface area is 75.2 Å². The summed E-state index contributed by atoms with van der Waals surface area (Å²) < 4.78 is 12.1. The van der Waals surface area contributed by atoms with Crippen molar-refractivity contribution in [1.29, 1.82) is 0 Å². The summed E-state index contributed by atoms with van der Waals surface area (Å²) in [5, 5.41) is 10.1. The summed E-state index contributed by atoms with van der Waals surface area (Å²) in [6.07, 6.45) is 0. The number of carboxylic acids is 1. The number of aromatic carboxylic acids is 1. The van der Waals surface area contributed by atoms with Crippen LogP contribution in [0, 0.1) is 5.82 Å². The molecule has 0 heterocycles. The molecule has 52 valence electrons. The normalized spacial score (nSPS) is 8.45. The average molecular weight is 146 g/mol. The van der Waals surface area contributed by atoms with Gasteiger partial charge in [-0.2, -0.15) is 0 Å². The van der Waals surface area contributed by atoms with Gasteiger partial charge in [0, 0.05) is 0 Å². The van der Waals surface area contributed by atoms with Gasteiger partial charge >= 0.3 is 18.9 Å². The van der Waals surface area contributed by atoms with Gasteiger partial charge < -0.3 is 9.90 Å². The third-order valence-corrected chi connectivity index (χ3v) is 1.08. The van der Waals surface area contributed by atoms with Gasteiger partial charge in [-0.1, -0.05) is 12.1 Å². The first-order chi connectivity index (χ1) is 4.70. The molecule has 2 nitrogen and oxygen atoms in total. The van der Waals surface area contributed by atoms with Gasteiger partial charge in [0.15, 0.2) is 0 Å². The molecule has 0 unspecified atom stereocenters. The van der Waals surface area contributed by atoms with Gasteiger partial charge in [0.2, 0.25) is 0 Å². The Hall–Kier alpha value is -0.783. The van der Waals surface area contributed by atoms with Gasteiger partial charge in [-0.25, -0.2) is 4.39 Å². The molecule has 0 amide bonds. The summed E-state index contributed by atoms with van der Waals surface area (Å²) in [7, 11) is 0. The van der Waals surface area contributed by atoms with Crippen LogP contribution in [0.3, 0.4) is 0 Å². The van der Waals surface area contributed by atoms with Crippen molar-refractivity contribution in [2.24, 2.45) is 0 Å². The quantitative estimate of drug-likeness (QED) is 0.401. The van der Waals surface area contributed by atoms with E-state index >= 15 is 0 Å². The van der Waals surface area contributed by atoms with E-state index in [1.807, 2.05) is 0 Å². The van der Waals surface area contributed by atoms with Crippen molar-refractivity contribution in [3.05, 3.63) is 35.6 Å². The fourth-order valence-corrected chi connectivity index (χ4v) is 0.586. The Morgan fingerprint density at radius 2 is 1.73 bits per heavy atom. The van der Waals surface area contributed by atoms with Crippen LogP contribution in [0.25, 0.3) is 0 Å². The number of carboxylic acid groups (broad SMARTS) is 1. The predicted octanol–water partition coefficient (Wildman–Crippen LogP) is -2.81. The second kappa shape index (κ2) is 4.17. The van der Waals surface area contributed by atoms with Gasteiger partial charge in [0.05, 0.1) is 5.97 Å². The van der Waals surface area contributed by atoms with E-state index in [4.69, 9.17) is 0 Å². The van der Waals surface area contributed by atoms with E-state index in [1.165, 1.54) is 0 Å². The average Bonchev–Trinajstić information content (AvgIpc) is 1.88. The van der Waals surface area contributed by atoms with Crippen molar-refractivity contribution < 1.29 is 33.2 Å². The molecule has 0 N–H and O–H groups in total. The van der Waals surface area contributed by atoms with Crippen LogP contribution in [0.1, 0.15) is 10.4 Å².